The van der Waals surface area contributed by atoms with Gasteiger partial charge in [-0.25, -0.2) is 4.99 Å². The number of benzene rings is 1. The zero-order valence-corrected chi connectivity index (χ0v) is 10.3. The average molecular weight is 250 g/mol. The van der Waals surface area contributed by atoms with E-state index in [0.717, 1.165) is 11.4 Å². The molecule has 3 nitrogen and oxygen atoms in total. The van der Waals surface area contributed by atoms with Crippen molar-refractivity contribution in [3.05, 3.63) is 47.5 Å². The van der Waals surface area contributed by atoms with Gasteiger partial charge in [0.25, 0.3) is 0 Å². The quantitative estimate of drug-likeness (QED) is 0.489. The van der Waals surface area contributed by atoms with Gasteiger partial charge >= 0.3 is 0 Å². The molecule has 1 aromatic carbocycles. The van der Waals surface area contributed by atoms with Crippen LogP contribution >= 0.6 is 11.6 Å². The predicted octanol–water partition coefficient (Wildman–Crippen LogP) is 2.29. The van der Waals surface area contributed by atoms with Crippen molar-refractivity contribution < 1.29 is 0 Å². The molecule has 1 aromatic rings. The molecule has 0 unspecified atom stereocenters. The van der Waals surface area contributed by atoms with Crippen LogP contribution in [-0.2, 0) is 0 Å². The van der Waals surface area contributed by atoms with Crippen LogP contribution in [0.15, 0.2) is 41.9 Å². The van der Waals surface area contributed by atoms with Crippen LogP contribution in [0.5, 0.6) is 0 Å². The minimum Gasteiger partial charge on any atom is -0.370 e. The molecule has 0 heterocycles. The Morgan fingerprint density at radius 1 is 1.65 bits per heavy atom. The van der Waals surface area contributed by atoms with Gasteiger partial charge in [-0.1, -0.05) is 29.8 Å². The van der Waals surface area contributed by atoms with E-state index in [2.05, 4.69) is 23.0 Å². The van der Waals surface area contributed by atoms with Gasteiger partial charge in [0.05, 0.1) is 6.54 Å². The van der Waals surface area contributed by atoms with Crippen LogP contribution in [0.2, 0.25) is 5.02 Å². The molecule has 0 amide bonds. The first kappa shape index (κ1) is 12.0. The van der Waals surface area contributed by atoms with Crippen LogP contribution in [0, 0.1) is 0 Å². The van der Waals surface area contributed by atoms with E-state index in [-0.39, 0.29) is 0 Å². The number of hydrogen-bond acceptors (Lipinski definition) is 1. The highest BCUT2D eigenvalue weighted by atomic mass is 35.5. The van der Waals surface area contributed by atoms with E-state index in [0.29, 0.717) is 24.5 Å². The second-order valence-corrected chi connectivity index (χ2v) is 4.60. The lowest BCUT2D eigenvalue weighted by Gasteiger charge is -2.05. The summed E-state index contributed by atoms with van der Waals surface area (Å²) in [5, 5.41) is 3.97. The fourth-order valence-corrected chi connectivity index (χ4v) is 2.06. The molecule has 2 rings (SSSR count). The van der Waals surface area contributed by atoms with Crippen LogP contribution < -0.4 is 11.1 Å². The van der Waals surface area contributed by atoms with Crippen molar-refractivity contribution in [2.24, 2.45) is 10.7 Å². The smallest absolute Gasteiger partial charge is 0.189 e. The van der Waals surface area contributed by atoms with Crippen LogP contribution in [0.3, 0.4) is 0 Å². The molecule has 90 valence electrons. The summed E-state index contributed by atoms with van der Waals surface area (Å²) in [5.41, 5.74) is 6.99. The minimum atomic E-state index is 0.377. The van der Waals surface area contributed by atoms with Crippen LogP contribution in [0.4, 0.5) is 0 Å². The molecule has 17 heavy (non-hydrogen) atoms. The second-order valence-electron chi connectivity index (χ2n) is 4.16. The molecule has 1 saturated carbocycles. The number of nitrogens with one attached hydrogen (secondary N) is 1. The van der Waals surface area contributed by atoms with Crippen LogP contribution in [0.1, 0.15) is 17.9 Å². The predicted molar refractivity (Wildman–Crippen MR) is 72.4 cm³/mol. The maximum atomic E-state index is 5.96. The Hall–Kier alpha value is -1.48. The summed E-state index contributed by atoms with van der Waals surface area (Å²) in [6.07, 6.45) is 2.79. The van der Waals surface area contributed by atoms with Gasteiger partial charge in [-0.15, -0.1) is 6.58 Å². The number of guanidine groups is 1. The van der Waals surface area contributed by atoms with Gasteiger partial charge in [0.1, 0.15) is 0 Å². The number of nitrogens with zero attached hydrogens (tertiary/aromatic N) is 1. The van der Waals surface area contributed by atoms with Crippen LogP contribution in [-0.4, -0.2) is 18.5 Å². The SMILES string of the molecule is C=CCN=C(N)N[C@@H]1C[C@H]1c1cccc(Cl)c1. The Morgan fingerprint density at radius 2 is 2.47 bits per heavy atom. The van der Waals surface area contributed by atoms with Crippen molar-refractivity contribution in [2.75, 3.05) is 6.54 Å². The number of halogens is 1. The molecule has 1 aliphatic carbocycles. The van der Waals surface area contributed by atoms with E-state index in [4.69, 9.17) is 17.3 Å². The van der Waals surface area contributed by atoms with Crippen LogP contribution in [0.25, 0.3) is 0 Å². The van der Waals surface area contributed by atoms with E-state index in [1.807, 2.05) is 18.2 Å². The van der Waals surface area contributed by atoms with Gasteiger partial charge in [0.2, 0.25) is 0 Å². The molecule has 0 spiro atoms. The van der Waals surface area contributed by atoms with Crippen molar-refractivity contribution in [3.63, 3.8) is 0 Å². The zero-order valence-electron chi connectivity index (χ0n) is 9.57. The fourth-order valence-electron chi connectivity index (χ4n) is 1.86. The summed E-state index contributed by atoms with van der Waals surface area (Å²) in [4.78, 5) is 4.11. The highest BCUT2D eigenvalue weighted by Crippen LogP contribution is 2.41. The molecular weight excluding hydrogens is 234 g/mol. The molecule has 2 atom stereocenters. The topological polar surface area (TPSA) is 50.4 Å². The highest BCUT2D eigenvalue weighted by Gasteiger charge is 2.38. The molecule has 1 aliphatic rings. The fraction of sp³-hybridized carbons (Fsp3) is 0.308. The van der Waals surface area contributed by atoms with Crippen molar-refractivity contribution in [2.45, 2.75) is 18.4 Å². The Bertz CT molecular complexity index is 442. The summed E-state index contributed by atoms with van der Waals surface area (Å²) in [7, 11) is 0. The maximum absolute atomic E-state index is 5.96. The van der Waals surface area contributed by atoms with Gasteiger partial charge in [-0.3, -0.25) is 0 Å². The summed E-state index contributed by atoms with van der Waals surface area (Å²) >= 11 is 5.96. The standard InChI is InChI=1S/C13H16ClN3/c1-2-6-16-13(15)17-12-8-11(12)9-4-3-5-10(14)7-9/h2-5,7,11-12H,1,6,8H2,(H3,15,16,17)/t11-,12+/m0/s1. The lowest BCUT2D eigenvalue weighted by molar-refractivity contribution is 0.854. The third-order valence-electron chi connectivity index (χ3n) is 2.79. The first-order valence-corrected chi connectivity index (χ1v) is 6.01. The molecular formula is C13H16ClN3. The first-order chi connectivity index (χ1) is 8.20. The number of nitrogens with two attached hydrogens (primary N) is 1. The highest BCUT2D eigenvalue weighted by molar-refractivity contribution is 6.30. The van der Waals surface area contributed by atoms with E-state index < -0.39 is 0 Å². The maximum Gasteiger partial charge on any atom is 0.189 e. The number of hydrogen-bond donors (Lipinski definition) is 2. The average Bonchev–Trinajstić information content (AvgIpc) is 3.05. The normalized spacial score (nSPS) is 23.2. The van der Waals surface area contributed by atoms with E-state index in [1.54, 1.807) is 6.08 Å². The van der Waals surface area contributed by atoms with Gasteiger partial charge in [0, 0.05) is 17.0 Å². The number of rotatable bonds is 4. The Balaban J connectivity index is 1.90. The zero-order chi connectivity index (χ0) is 12.3. The molecule has 0 saturated heterocycles. The first-order valence-electron chi connectivity index (χ1n) is 5.63. The molecule has 4 heteroatoms. The summed E-state index contributed by atoms with van der Waals surface area (Å²) in [6.45, 7) is 4.14. The third kappa shape index (κ3) is 3.24. The molecule has 1 fully saturated rings. The monoisotopic (exact) mass is 249 g/mol. The summed E-state index contributed by atoms with van der Waals surface area (Å²) in [5.74, 6) is 0.977. The van der Waals surface area contributed by atoms with Crippen molar-refractivity contribution in [1.82, 2.24) is 5.32 Å². The third-order valence-corrected chi connectivity index (χ3v) is 3.03. The van der Waals surface area contributed by atoms with E-state index >= 15 is 0 Å². The molecule has 0 bridgehead atoms. The Kier molecular flexibility index (Phi) is 3.69. The lowest BCUT2D eigenvalue weighted by Crippen LogP contribution is -2.34. The summed E-state index contributed by atoms with van der Waals surface area (Å²) in [6, 6.07) is 8.33. The Morgan fingerprint density at radius 3 is 3.18 bits per heavy atom. The van der Waals surface area contributed by atoms with E-state index in [1.165, 1.54) is 5.56 Å². The lowest BCUT2D eigenvalue weighted by atomic mass is 10.1. The van der Waals surface area contributed by atoms with Gasteiger partial charge in [-0.2, -0.15) is 0 Å². The van der Waals surface area contributed by atoms with Gasteiger partial charge in [-0.05, 0) is 24.1 Å². The number of aliphatic imine (C=N–C) groups is 1. The van der Waals surface area contributed by atoms with Crippen molar-refractivity contribution in [3.8, 4) is 0 Å². The van der Waals surface area contributed by atoms with Crippen molar-refractivity contribution in [1.29, 1.82) is 0 Å². The second kappa shape index (κ2) is 5.23. The Labute approximate surface area is 106 Å². The van der Waals surface area contributed by atoms with Gasteiger partial charge < -0.3 is 11.1 Å². The molecule has 0 radical (unpaired) electrons. The molecule has 0 aromatic heterocycles. The van der Waals surface area contributed by atoms with Gasteiger partial charge in [0.15, 0.2) is 5.96 Å². The minimum absolute atomic E-state index is 0.377. The molecule has 3 N–H and O–H groups in total. The largest absolute Gasteiger partial charge is 0.370 e. The van der Waals surface area contributed by atoms with Crippen molar-refractivity contribution >= 4 is 17.6 Å². The van der Waals surface area contributed by atoms with E-state index in [9.17, 15) is 0 Å². The summed E-state index contributed by atoms with van der Waals surface area (Å²) < 4.78 is 0. The molecule has 0 aliphatic heterocycles.